The predicted molar refractivity (Wildman–Crippen MR) is 130 cm³/mol. The summed E-state index contributed by atoms with van der Waals surface area (Å²) in [5.74, 6) is 2.96. The van der Waals surface area contributed by atoms with Crippen LogP contribution in [0.2, 0.25) is 0 Å². The Bertz CT molecular complexity index is 1120. The van der Waals surface area contributed by atoms with Gasteiger partial charge in [0.1, 0.15) is 0 Å². The van der Waals surface area contributed by atoms with E-state index in [9.17, 15) is 10.1 Å². The average Bonchev–Trinajstić information content (AvgIpc) is 3.30. The molecule has 1 N–H and O–H groups in total. The van der Waals surface area contributed by atoms with Crippen LogP contribution in [0.25, 0.3) is 11.5 Å². The highest BCUT2D eigenvalue weighted by Gasteiger charge is 2.32. The summed E-state index contributed by atoms with van der Waals surface area (Å²) in [5.41, 5.74) is 3.32. The van der Waals surface area contributed by atoms with Gasteiger partial charge >= 0.3 is 0 Å². The molecule has 0 aliphatic heterocycles. The summed E-state index contributed by atoms with van der Waals surface area (Å²) in [6.07, 6.45) is 7.85. The van der Waals surface area contributed by atoms with Crippen LogP contribution in [-0.2, 0) is 13.0 Å². The number of nitro benzene ring substituents is 1. The maximum atomic E-state index is 10.9. The molecule has 2 heterocycles. The third kappa shape index (κ3) is 5.75. The summed E-state index contributed by atoms with van der Waals surface area (Å²) in [4.78, 5) is 14.5. The fourth-order valence-electron chi connectivity index (χ4n) is 4.78. The zero-order chi connectivity index (χ0) is 24.1. The number of nitrogens with one attached hydrogen (secondary N) is 1. The van der Waals surface area contributed by atoms with Gasteiger partial charge in [-0.05, 0) is 66.8 Å². The number of nitrogens with zero attached hydrogens (tertiary/aromatic N) is 4. The van der Waals surface area contributed by atoms with Crippen molar-refractivity contribution in [2.45, 2.75) is 40.2 Å². The number of rotatable bonds is 9. The Labute approximate surface area is 199 Å². The highest BCUT2D eigenvalue weighted by molar-refractivity contribution is 5.55. The van der Waals surface area contributed by atoms with Gasteiger partial charge in [0, 0.05) is 49.6 Å². The molecule has 0 spiro atoms. The van der Waals surface area contributed by atoms with Gasteiger partial charge < -0.3 is 9.73 Å². The minimum atomic E-state index is -0.422. The SMILES string of the molecule is CC1=C[C@@H](CNCc2ccncc2)[C@H](C(C)C)C[C@H]1Cc1nnc(-c2ccc([N+](=O)[O-])cc2)o1. The molecule has 0 saturated carbocycles. The van der Waals surface area contributed by atoms with Crippen LogP contribution in [0.5, 0.6) is 0 Å². The molecule has 0 fully saturated rings. The number of benzene rings is 1. The van der Waals surface area contributed by atoms with Crippen molar-refractivity contribution in [1.82, 2.24) is 20.5 Å². The highest BCUT2D eigenvalue weighted by Crippen LogP contribution is 2.39. The van der Waals surface area contributed by atoms with Crippen LogP contribution in [0, 0.1) is 33.8 Å². The molecule has 1 aliphatic carbocycles. The molecule has 2 aromatic heterocycles. The predicted octanol–water partition coefficient (Wildman–Crippen LogP) is 5.23. The second-order valence-corrected chi connectivity index (χ2v) is 9.41. The lowest BCUT2D eigenvalue weighted by Gasteiger charge is -2.37. The normalized spacial score (nSPS) is 20.4. The first kappa shape index (κ1) is 23.8. The van der Waals surface area contributed by atoms with Crippen molar-refractivity contribution in [1.29, 1.82) is 0 Å². The summed E-state index contributed by atoms with van der Waals surface area (Å²) in [5, 5.41) is 22.9. The number of nitro groups is 1. The lowest BCUT2D eigenvalue weighted by atomic mass is 9.70. The Morgan fingerprint density at radius 1 is 1.15 bits per heavy atom. The van der Waals surface area contributed by atoms with Crippen LogP contribution in [0.1, 0.15) is 38.6 Å². The fraction of sp³-hybridized carbons (Fsp3) is 0.423. The number of non-ortho nitro benzene ring substituents is 1. The van der Waals surface area contributed by atoms with E-state index in [2.05, 4.69) is 47.3 Å². The molecule has 0 bridgehead atoms. The van der Waals surface area contributed by atoms with E-state index in [0.717, 1.165) is 19.5 Å². The van der Waals surface area contributed by atoms with Crippen molar-refractivity contribution in [3.05, 3.63) is 82.0 Å². The quantitative estimate of drug-likeness (QED) is 0.264. The van der Waals surface area contributed by atoms with E-state index in [0.29, 0.717) is 47.4 Å². The molecule has 4 rings (SSSR count). The standard InChI is InChI=1S/C26H31N5O3/c1-17(2)24-13-21(18(3)12-22(24)16-28-15-19-8-10-27-11-9-19)14-25-29-30-26(34-25)20-4-6-23(7-5-20)31(32)33/h4-12,17,21-22,24,28H,13-16H2,1-3H3/t21-,22-,24-/m0/s1. The summed E-state index contributed by atoms with van der Waals surface area (Å²) in [6, 6.07) is 10.3. The van der Waals surface area contributed by atoms with Gasteiger partial charge in [0.15, 0.2) is 0 Å². The maximum absolute atomic E-state index is 10.9. The molecule has 0 radical (unpaired) electrons. The van der Waals surface area contributed by atoms with Crippen LogP contribution in [-0.4, -0.2) is 26.6 Å². The Morgan fingerprint density at radius 2 is 1.88 bits per heavy atom. The van der Waals surface area contributed by atoms with Crippen molar-refractivity contribution in [2.75, 3.05) is 6.54 Å². The van der Waals surface area contributed by atoms with Crippen molar-refractivity contribution in [2.24, 2.45) is 23.7 Å². The number of hydrogen-bond donors (Lipinski definition) is 1. The van der Waals surface area contributed by atoms with Gasteiger partial charge in [0.25, 0.3) is 5.69 Å². The minimum absolute atomic E-state index is 0.0380. The molecule has 8 heteroatoms. The first-order chi connectivity index (χ1) is 16.4. The first-order valence-corrected chi connectivity index (χ1v) is 11.8. The molecule has 1 aromatic carbocycles. The number of allylic oxidation sites excluding steroid dienone is 1. The molecular formula is C26H31N5O3. The topological polar surface area (TPSA) is 107 Å². The van der Waals surface area contributed by atoms with Crippen LogP contribution in [0.15, 0.2) is 64.9 Å². The van der Waals surface area contributed by atoms with Gasteiger partial charge in [-0.3, -0.25) is 15.1 Å². The Kier molecular flexibility index (Phi) is 7.47. The van der Waals surface area contributed by atoms with Crippen LogP contribution >= 0.6 is 0 Å². The highest BCUT2D eigenvalue weighted by atomic mass is 16.6. The third-order valence-corrected chi connectivity index (χ3v) is 6.76. The molecule has 0 amide bonds. The lowest BCUT2D eigenvalue weighted by molar-refractivity contribution is -0.384. The first-order valence-electron chi connectivity index (χ1n) is 11.8. The Morgan fingerprint density at radius 3 is 2.56 bits per heavy atom. The van der Waals surface area contributed by atoms with Crippen molar-refractivity contribution < 1.29 is 9.34 Å². The number of pyridine rings is 1. The molecule has 1 aliphatic rings. The maximum Gasteiger partial charge on any atom is 0.269 e. The molecule has 0 saturated heterocycles. The van der Waals surface area contributed by atoms with Crippen molar-refractivity contribution in [3.63, 3.8) is 0 Å². The average molecular weight is 462 g/mol. The second kappa shape index (κ2) is 10.7. The van der Waals surface area contributed by atoms with Crippen molar-refractivity contribution >= 4 is 5.69 Å². The number of hydrogen-bond acceptors (Lipinski definition) is 7. The van der Waals surface area contributed by atoms with E-state index in [1.165, 1.54) is 23.3 Å². The minimum Gasteiger partial charge on any atom is -0.421 e. The molecular weight excluding hydrogens is 430 g/mol. The van der Waals surface area contributed by atoms with Gasteiger partial charge in [0.05, 0.1) is 4.92 Å². The number of aromatic nitrogens is 3. The Hall–Kier alpha value is -3.39. The van der Waals surface area contributed by atoms with Crippen LogP contribution in [0.4, 0.5) is 5.69 Å². The van der Waals surface area contributed by atoms with E-state index in [-0.39, 0.29) is 5.69 Å². The van der Waals surface area contributed by atoms with Crippen LogP contribution < -0.4 is 5.32 Å². The monoisotopic (exact) mass is 461 g/mol. The van der Waals surface area contributed by atoms with Gasteiger partial charge in [-0.25, -0.2) is 0 Å². The fourth-order valence-corrected chi connectivity index (χ4v) is 4.78. The van der Waals surface area contributed by atoms with Gasteiger partial charge in [-0.15, -0.1) is 10.2 Å². The van der Waals surface area contributed by atoms with E-state index in [4.69, 9.17) is 4.42 Å². The Balaban J connectivity index is 1.40. The molecule has 0 unspecified atom stereocenters. The molecule has 3 aromatic rings. The summed E-state index contributed by atoms with van der Waals surface area (Å²) < 4.78 is 5.92. The molecule has 178 valence electrons. The summed E-state index contributed by atoms with van der Waals surface area (Å²) >= 11 is 0. The zero-order valence-electron chi connectivity index (χ0n) is 19.8. The smallest absolute Gasteiger partial charge is 0.269 e. The van der Waals surface area contributed by atoms with E-state index in [1.807, 2.05) is 24.5 Å². The van der Waals surface area contributed by atoms with E-state index >= 15 is 0 Å². The zero-order valence-corrected chi connectivity index (χ0v) is 19.8. The van der Waals surface area contributed by atoms with Gasteiger partial charge in [-0.1, -0.05) is 25.5 Å². The molecule has 8 nitrogen and oxygen atoms in total. The summed E-state index contributed by atoms with van der Waals surface area (Å²) in [7, 11) is 0. The van der Waals surface area contributed by atoms with E-state index in [1.54, 1.807) is 12.1 Å². The summed E-state index contributed by atoms with van der Waals surface area (Å²) in [6.45, 7) is 8.58. The van der Waals surface area contributed by atoms with Crippen LogP contribution in [0.3, 0.4) is 0 Å². The largest absolute Gasteiger partial charge is 0.421 e. The third-order valence-electron chi connectivity index (χ3n) is 6.76. The van der Waals surface area contributed by atoms with Crippen molar-refractivity contribution in [3.8, 4) is 11.5 Å². The second-order valence-electron chi connectivity index (χ2n) is 9.41. The molecule has 3 atom stereocenters. The van der Waals surface area contributed by atoms with Gasteiger partial charge in [0.2, 0.25) is 11.8 Å². The van der Waals surface area contributed by atoms with E-state index < -0.39 is 4.92 Å². The van der Waals surface area contributed by atoms with Gasteiger partial charge in [-0.2, -0.15) is 0 Å². The molecule has 34 heavy (non-hydrogen) atoms. The lowest BCUT2D eigenvalue weighted by Crippen LogP contribution is -2.34.